The van der Waals surface area contributed by atoms with E-state index in [4.69, 9.17) is 22.1 Å². The van der Waals surface area contributed by atoms with Gasteiger partial charge in [-0.1, -0.05) is 36.1 Å². The van der Waals surface area contributed by atoms with Crippen LogP contribution in [-0.2, 0) is 9.59 Å². The highest BCUT2D eigenvalue weighted by Crippen LogP contribution is 2.32. The summed E-state index contributed by atoms with van der Waals surface area (Å²) in [5.74, 6) is -0.244. The molecule has 0 aromatic heterocycles. The number of thioether (sulfide) groups is 1. The third kappa shape index (κ3) is 6.97. The number of hydrogen-bond donors (Lipinski definition) is 1. The van der Waals surface area contributed by atoms with Gasteiger partial charge in [0.15, 0.2) is 0 Å². The van der Waals surface area contributed by atoms with Gasteiger partial charge in [-0.3, -0.25) is 14.5 Å². The quantitative estimate of drug-likeness (QED) is 0.362. The van der Waals surface area contributed by atoms with Crippen molar-refractivity contribution < 1.29 is 19.4 Å². The topological polar surface area (TPSA) is 70.1 Å². The molecule has 0 bridgehead atoms. The van der Waals surface area contributed by atoms with E-state index in [-0.39, 0.29) is 12.3 Å². The van der Waals surface area contributed by atoms with Crippen LogP contribution in [0.5, 0.6) is 5.75 Å². The van der Waals surface area contributed by atoms with E-state index in [1.54, 1.807) is 6.08 Å². The fourth-order valence-corrected chi connectivity index (χ4v) is 3.77. The zero-order chi connectivity index (χ0) is 19.8. The molecule has 0 unspecified atom stereocenters. The minimum Gasteiger partial charge on any atom is -0.494 e. The second-order valence-corrected chi connectivity index (χ2v) is 8.08. The summed E-state index contributed by atoms with van der Waals surface area (Å²) in [6.07, 6.45) is 3.16. The Morgan fingerprint density at radius 3 is 2.63 bits per heavy atom. The molecule has 1 amide bonds. The van der Waals surface area contributed by atoms with Gasteiger partial charge in [-0.25, -0.2) is 0 Å². The molecule has 1 aromatic carbocycles. The van der Waals surface area contributed by atoms with Crippen LogP contribution < -0.4 is 4.74 Å². The van der Waals surface area contributed by atoms with Crippen LogP contribution in [-0.4, -0.2) is 64.9 Å². The number of benzene rings is 1. The van der Waals surface area contributed by atoms with Crippen LogP contribution in [0.1, 0.15) is 24.8 Å². The molecule has 0 aliphatic carbocycles. The Labute approximate surface area is 169 Å². The monoisotopic (exact) mass is 408 g/mol. The van der Waals surface area contributed by atoms with Gasteiger partial charge in [0.2, 0.25) is 0 Å². The van der Waals surface area contributed by atoms with Crippen molar-refractivity contribution in [1.82, 2.24) is 9.80 Å². The van der Waals surface area contributed by atoms with E-state index in [0.717, 1.165) is 24.3 Å². The number of rotatable bonds is 10. The second-order valence-electron chi connectivity index (χ2n) is 6.40. The Balaban J connectivity index is 1.91. The first-order valence-corrected chi connectivity index (χ1v) is 9.94. The van der Waals surface area contributed by atoms with Gasteiger partial charge in [0.1, 0.15) is 10.1 Å². The lowest BCUT2D eigenvalue weighted by molar-refractivity contribution is -0.137. The molecule has 2 rings (SSSR count). The Bertz CT molecular complexity index is 717. The van der Waals surface area contributed by atoms with Crippen molar-refractivity contribution in [2.45, 2.75) is 19.3 Å². The lowest BCUT2D eigenvalue weighted by Crippen LogP contribution is -2.29. The second kappa shape index (κ2) is 10.4. The highest BCUT2D eigenvalue weighted by Gasteiger charge is 2.31. The molecule has 1 saturated heterocycles. The van der Waals surface area contributed by atoms with Crippen molar-refractivity contribution >= 4 is 46.3 Å². The lowest BCUT2D eigenvalue weighted by atomic mass is 10.2. The highest BCUT2D eigenvalue weighted by atomic mass is 32.2. The molecule has 1 heterocycles. The number of thiocarbonyl (C=S) groups is 1. The van der Waals surface area contributed by atoms with Gasteiger partial charge in [0.25, 0.3) is 5.91 Å². The summed E-state index contributed by atoms with van der Waals surface area (Å²) in [6, 6.07) is 7.57. The highest BCUT2D eigenvalue weighted by molar-refractivity contribution is 8.26. The summed E-state index contributed by atoms with van der Waals surface area (Å²) in [5.41, 5.74) is 0.890. The molecular formula is C19H24N2O4S2. The SMILES string of the molecule is CN(C)CCCOc1ccc(C=C2SC(=S)N(CCCC(=O)O)C2=O)cc1. The molecule has 0 saturated carbocycles. The largest absolute Gasteiger partial charge is 0.494 e. The van der Waals surface area contributed by atoms with E-state index in [9.17, 15) is 9.59 Å². The van der Waals surface area contributed by atoms with E-state index in [2.05, 4.69) is 4.90 Å². The number of amides is 1. The Morgan fingerprint density at radius 1 is 1.30 bits per heavy atom. The van der Waals surface area contributed by atoms with Gasteiger partial charge in [0, 0.05) is 19.5 Å². The lowest BCUT2D eigenvalue weighted by Gasteiger charge is -2.13. The number of carboxylic acid groups (broad SMARTS) is 1. The summed E-state index contributed by atoms with van der Waals surface area (Å²) < 4.78 is 6.17. The van der Waals surface area contributed by atoms with Crippen LogP contribution >= 0.6 is 24.0 Å². The van der Waals surface area contributed by atoms with Gasteiger partial charge in [-0.2, -0.15) is 0 Å². The van der Waals surface area contributed by atoms with E-state index in [0.29, 0.717) is 28.8 Å². The minimum absolute atomic E-state index is 0.0200. The predicted molar refractivity (Wildman–Crippen MR) is 112 cm³/mol. The van der Waals surface area contributed by atoms with Crippen LogP contribution in [0.3, 0.4) is 0 Å². The predicted octanol–water partition coefficient (Wildman–Crippen LogP) is 3.08. The van der Waals surface area contributed by atoms with Crippen LogP contribution in [0.15, 0.2) is 29.2 Å². The normalized spacial score (nSPS) is 15.8. The van der Waals surface area contributed by atoms with Gasteiger partial charge in [-0.15, -0.1) is 0 Å². The Hall–Kier alpha value is -1.90. The van der Waals surface area contributed by atoms with Crippen molar-refractivity contribution in [3.8, 4) is 5.75 Å². The number of ether oxygens (including phenoxy) is 1. The van der Waals surface area contributed by atoms with Crippen molar-refractivity contribution in [2.75, 3.05) is 33.8 Å². The maximum atomic E-state index is 12.5. The van der Waals surface area contributed by atoms with E-state index >= 15 is 0 Å². The molecule has 0 spiro atoms. The zero-order valence-electron chi connectivity index (χ0n) is 15.5. The van der Waals surface area contributed by atoms with Gasteiger partial charge in [-0.05, 0) is 50.7 Å². The van der Waals surface area contributed by atoms with E-state index in [1.807, 2.05) is 38.4 Å². The summed E-state index contributed by atoms with van der Waals surface area (Å²) in [5, 5.41) is 8.72. The van der Waals surface area contributed by atoms with Crippen LogP contribution in [0.2, 0.25) is 0 Å². The van der Waals surface area contributed by atoms with Crippen LogP contribution in [0, 0.1) is 0 Å². The van der Waals surface area contributed by atoms with Crippen LogP contribution in [0.25, 0.3) is 6.08 Å². The van der Waals surface area contributed by atoms with Gasteiger partial charge < -0.3 is 14.7 Å². The molecule has 146 valence electrons. The average molecular weight is 409 g/mol. The maximum absolute atomic E-state index is 12.5. The Morgan fingerprint density at radius 2 is 2.00 bits per heavy atom. The molecule has 1 aliphatic heterocycles. The number of nitrogens with zero attached hydrogens (tertiary/aromatic N) is 2. The summed E-state index contributed by atoms with van der Waals surface area (Å²) in [4.78, 5) is 27.2. The fraction of sp³-hybridized carbons (Fsp3) is 0.421. The standard InChI is InChI=1S/C19H24N2O4S2/c1-20(2)10-4-12-25-15-8-6-14(7-9-15)13-16-18(24)21(19(26)27-16)11-3-5-17(22)23/h6-9,13H,3-5,10-12H2,1-2H3,(H,22,23). The molecule has 27 heavy (non-hydrogen) atoms. The number of carbonyl (C=O) groups excluding carboxylic acids is 1. The van der Waals surface area contributed by atoms with Crippen molar-refractivity contribution in [3.05, 3.63) is 34.7 Å². The minimum atomic E-state index is -0.875. The molecule has 1 aromatic rings. The Kier molecular flexibility index (Phi) is 8.27. The number of aliphatic carboxylic acids is 1. The summed E-state index contributed by atoms with van der Waals surface area (Å²) >= 11 is 6.49. The molecule has 1 aliphatic rings. The van der Waals surface area contributed by atoms with E-state index < -0.39 is 5.97 Å². The molecule has 0 radical (unpaired) electrons. The van der Waals surface area contributed by atoms with E-state index in [1.165, 1.54) is 16.7 Å². The first-order chi connectivity index (χ1) is 12.9. The zero-order valence-corrected chi connectivity index (χ0v) is 17.1. The number of carboxylic acids is 1. The molecule has 0 atom stereocenters. The first kappa shape index (κ1) is 21.4. The molecule has 6 nitrogen and oxygen atoms in total. The number of carbonyl (C=O) groups is 2. The van der Waals surface area contributed by atoms with Crippen LogP contribution in [0.4, 0.5) is 0 Å². The molecule has 1 fully saturated rings. The van der Waals surface area contributed by atoms with Crippen molar-refractivity contribution in [1.29, 1.82) is 0 Å². The van der Waals surface area contributed by atoms with Gasteiger partial charge >= 0.3 is 5.97 Å². The third-order valence-corrected chi connectivity index (χ3v) is 5.22. The molecular weight excluding hydrogens is 384 g/mol. The van der Waals surface area contributed by atoms with Crippen molar-refractivity contribution in [3.63, 3.8) is 0 Å². The van der Waals surface area contributed by atoms with Gasteiger partial charge in [0.05, 0.1) is 11.5 Å². The summed E-state index contributed by atoms with van der Waals surface area (Å²) in [7, 11) is 4.06. The summed E-state index contributed by atoms with van der Waals surface area (Å²) in [6.45, 7) is 1.97. The maximum Gasteiger partial charge on any atom is 0.303 e. The first-order valence-electron chi connectivity index (χ1n) is 8.71. The number of hydrogen-bond acceptors (Lipinski definition) is 6. The smallest absolute Gasteiger partial charge is 0.303 e. The fourth-order valence-electron chi connectivity index (χ4n) is 2.46. The third-order valence-electron chi connectivity index (χ3n) is 3.84. The van der Waals surface area contributed by atoms with Crippen molar-refractivity contribution in [2.24, 2.45) is 0 Å². The average Bonchev–Trinajstić information content (AvgIpc) is 2.87. The molecule has 1 N–H and O–H groups in total. The molecule has 8 heteroatoms.